The summed E-state index contributed by atoms with van der Waals surface area (Å²) in [6.45, 7) is 1.01. The number of carboxylic acid groups (broad SMARTS) is 1. The first-order valence-corrected chi connectivity index (χ1v) is 5.92. The van der Waals surface area contributed by atoms with Crippen molar-refractivity contribution < 1.29 is 28.4 Å². The lowest BCUT2D eigenvalue weighted by Crippen LogP contribution is -2.36. The highest BCUT2D eigenvalue weighted by Gasteiger charge is 2.26. The molecule has 1 aromatic carbocycles. The molecule has 0 saturated carbocycles. The second kappa shape index (κ2) is 6.73. The number of carboxylic acids is 1. The summed E-state index contributed by atoms with van der Waals surface area (Å²) in [4.78, 5) is 33.1. The number of hydrogen-bond donors (Lipinski definition) is 1. The lowest BCUT2D eigenvalue weighted by Gasteiger charge is -2.20. The van der Waals surface area contributed by atoms with Crippen LogP contribution in [0.25, 0.3) is 0 Å². The Morgan fingerprint density at radius 3 is 2.43 bits per heavy atom. The van der Waals surface area contributed by atoms with E-state index in [1.165, 1.54) is 0 Å². The molecule has 0 heterocycles. The molecule has 0 spiro atoms. The Labute approximate surface area is 117 Å². The van der Waals surface area contributed by atoms with Gasteiger partial charge in [0.05, 0.1) is 10.5 Å². The van der Waals surface area contributed by atoms with Crippen molar-refractivity contribution in [3.8, 4) is 0 Å². The van der Waals surface area contributed by atoms with Gasteiger partial charge in [0.25, 0.3) is 5.91 Å². The smallest absolute Gasteiger partial charge is 0.323 e. The fraction of sp³-hybridized carbons (Fsp3) is 0.333. The van der Waals surface area contributed by atoms with Crippen molar-refractivity contribution in [3.05, 3.63) is 39.4 Å². The van der Waals surface area contributed by atoms with Gasteiger partial charge >= 0.3 is 11.7 Å². The summed E-state index contributed by atoms with van der Waals surface area (Å²) in [5.74, 6) is -5.04. The predicted molar refractivity (Wildman–Crippen MR) is 66.8 cm³/mol. The molecule has 0 atom stereocenters. The highest BCUT2D eigenvalue weighted by atomic mass is 19.1. The standard InChI is InChI=1S/C12H12F2N2O5/c1-2-3-15(6-11(17)18)12(19)7-4-10(16(20)21)9(14)5-8(7)13/h4-5H,2-3,6H2,1H3,(H,17,18). The first-order valence-electron chi connectivity index (χ1n) is 5.92. The minimum absolute atomic E-state index is 0.0236. The lowest BCUT2D eigenvalue weighted by atomic mass is 10.1. The molecule has 9 heteroatoms. The van der Waals surface area contributed by atoms with Gasteiger partial charge < -0.3 is 10.0 Å². The summed E-state index contributed by atoms with van der Waals surface area (Å²) in [6, 6.07) is 0.702. The Morgan fingerprint density at radius 1 is 1.33 bits per heavy atom. The fourth-order valence-corrected chi connectivity index (χ4v) is 1.70. The zero-order chi connectivity index (χ0) is 16.2. The van der Waals surface area contributed by atoms with Crippen LogP contribution < -0.4 is 0 Å². The van der Waals surface area contributed by atoms with Gasteiger partial charge in [-0.15, -0.1) is 0 Å². The van der Waals surface area contributed by atoms with E-state index in [-0.39, 0.29) is 12.6 Å². The molecule has 0 fully saturated rings. The van der Waals surface area contributed by atoms with E-state index in [1.807, 2.05) is 0 Å². The largest absolute Gasteiger partial charge is 0.480 e. The third-order valence-corrected chi connectivity index (χ3v) is 2.57. The van der Waals surface area contributed by atoms with Crippen molar-refractivity contribution in [3.63, 3.8) is 0 Å². The Morgan fingerprint density at radius 2 is 1.95 bits per heavy atom. The number of hydrogen-bond acceptors (Lipinski definition) is 4. The van der Waals surface area contributed by atoms with E-state index in [9.17, 15) is 28.5 Å². The van der Waals surface area contributed by atoms with Crippen LogP contribution in [-0.2, 0) is 4.79 Å². The molecule has 1 aromatic rings. The molecular weight excluding hydrogens is 290 g/mol. The zero-order valence-corrected chi connectivity index (χ0v) is 11.0. The number of benzene rings is 1. The average Bonchev–Trinajstić information content (AvgIpc) is 2.36. The minimum Gasteiger partial charge on any atom is -0.480 e. The number of rotatable bonds is 6. The molecule has 21 heavy (non-hydrogen) atoms. The topological polar surface area (TPSA) is 101 Å². The van der Waals surface area contributed by atoms with Crippen molar-refractivity contribution in [1.29, 1.82) is 0 Å². The maximum absolute atomic E-state index is 13.6. The maximum Gasteiger partial charge on any atom is 0.323 e. The molecule has 0 unspecified atom stereocenters. The van der Waals surface area contributed by atoms with Gasteiger partial charge in [-0.1, -0.05) is 6.92 Å². The van der Waals surface area contributed by atoms with Gasteiger partial charge in [0.15, 0.2) is 0 Å². The number of nitro benzene ring substituents is 1. The van der Waals surface area contributed by atoms with Crippen LogP contribution in [0, 0.1) is 21.7 Å². The summed E-state index contributed by atoms with van der Waals surface area (Å²) in [7, 11) is 0. The molecule has 1 amide bonds. The maximum atomic E-state index is 13.6. The predicted octanol–water partition coefficient (Wildman–Crippen LogP) is 1.81. The number of carbonyl (C=O) groups is 2. The van der Waals surface area contributed by atoms with Gasteiger partial charge in [-0.3, -0.25) is 19.7 Å². The molecule has 114 valence electrons. The number of aliphatic carboxylic acids is 1. The van der Waals surface area contributed by atoms with Gasteiger partial charge in [-0.25, -0.2) is 4.39 Å². The summed E-state index contributed by atoms with van der Waals surface area (Å²) in [6.07, 6.45) is 0.407. The van der Waals surface area contributed by atoms with Crippen molar-refractivity contribution in [2.75, 3.05) is 13.1 Å². The summed E-state index contributed by atoms with van der Waals surface area (Å²) in [5.41, 5.74) is -1.79. The van der Waals surface area contributed by atoms with Gasteiger partial charge in [0.2, 0.25) is 5.82 Å². The number of carbonyl (C=O) groups excluding carboxylic acids is 1. The van der Waals surface area contributed by atoms with Crippen molar-refractivity contribution in [2.24, 2.45) is 0 Å². The van der Waals surface area contributed by atoms with Crippen molar-refractivity contribution >= 4 is 17.6 Å². The van der Waals surface area contributed by atoms with Gasteiger partial charge in [-0.2, -0.15) is 4.39 Å². The summed E-state index contributed by atoms with van der Waals surface area (Å²) < 4.78 is 26.8. The van der Waals surface area contributed by atoms with E-state index in [4.69, 9.17) is 5.11 Å². The average molecular weight is 302 g/mol. The second-order valence-corrected chi connectivity index (χ2v) is 4.16. The molecular formula is C12H12F2N2O5. The molecule has 1 rings (SSSR count). The van der Waals surface area contributed by atoms with Gasteiger partial charge in [0, 0.05) is 18.7 Å². The molecule has 0 aliphatic heterocycles. The van der Waals surface area contributed by atoms with E-state index in [0.717, 1.165) is 4.90 Å². The number of nitrogens with zero attached hydrogens (tertiary/aromatic N) is 2. The van der Waals surface area contributed by atoms with Gasteiger partial charge in [0.1, 0.15) is 12.4 Å². The van der Waals surface area contributed by atoms with Crippen LogP contribution in [0.4, 0.5) is 14.5 Å². The van der Waals surface area contributed by atoms with E-state index in [2.05, 4.69) is 0 Å². The Bertz CT molecular complexity index is 591. The zero-order valence-electron chi connectivity index (χ0n) is 11.0. The van der Waals surface area contributed by atoms with Crippen LogP contribution in [-0.4, -0.2) is 39.9 Å². The van der Waals surface area contributed by atoms with Crippen molar-refractivity contribution in [2.45, 2.75) is 13.3 Å². The normalized spacial score (nSPS) is 10.2. The van der Waals surface area contributed by atoms with Crippen LogP contribution in [0.1, 0.15) is 23.7 Å². The van der Waals surface area contributed by atoms with E-state index in [0.29, 0.717) is 12.5 Å². The SMILES string of the molecule is CCCN(CC(=O)O)C(=O)c1cc([N+](=O)[O-])c(F)cc1F. The molecule has 0 aliphatic rings. The summed E-state index contributed by atoms with van der Waals surface area (Å²) >= 11 is 0. The first-order chi connectivity index (χ1) is 9.77. The van der Waals surface area contributed by atoms with Crippen LogP contribution in [0.3, 0.4) is 0 Å². The third kappa shape index (κ3) is 3.94. The number of halogens is 2. The lowest BCUT2D eigenvalue weighted by molar-refractivity contribution is -0.387. The van der Waals surface area contributed by atoms with Crippen molar-refractivity contribution in [1.82, 2.24) is 4.90 Å². The van der Waals surface area contributed by atoms with Crippen LogP contribution in [0.2, 0.25) is 0 Å². The molecule has 0 saturated heterocycles. The third-order valence-electron chi connectivity index (χ3n) is 2.57. The highest BCUT2D eigenvalue weighted by Crippen LogP contribution is 2.22. The Hall–Kier alpha value is -2.58. The highest BCUT2D eigenvalue weighted by molar-refractivity contribution is 5.96. The summed E-state index contributed by atoms with van der Waals surface area (Å²) in [5, 5.41) is 19.3. The molecule has 0 aromatic heterocycles. The Kier molecular flexibility index (Phi) is 5.28. The van der Waals surface area contributed by atoms with E-state index in [1.54, 1.807) is 6.92 Å². The second-order valence-electron chi connectivity index (χ2n) is 4.16. The number of nitro groups is 1. The quantitative estimate of drug-likeness (QED) is 0.638. The Balaban J connectivity index is 3.23. The van der Waals surface area contributed by atoms with Crippen LogP contribution >= 0.6 is 0 Å². The first kappa shape index (κ1) is 16.5. The minimum atomic E-state index is -1.41. The molecule has 0 bridgehead atoms. The van der Waals surface area contributed by atoms with E-state index >= 15 is 0 Å². The monoisotopic (exact) mass is 302 g/mol. The molecule has 1 N–H and O–H groups in total. The molecule has 7 nitrogen and oxygen atoms in total. The van der Waals surface area contributed by atoms with Crippen LogP contribution in [0.15, 0.2) is 12.1 Å². The molecule has 0 aliphatic carbocycles. The fourth-order valence-electron chi connectivity index (χ4n) is 1.70. The molecule has 0 radical (unpaired) electrons. The van der Waals surface area contributed by atoms with Gasteiger partial charge in [-0.05, 0) is 6.42 Å². The number of amides is 1. The van der Waals surface area contributed by atoms with Crippen LogP contribution in [0.5, 0.6) is 0 Å². The van der Waals surface area contributed by atoms with E-state index < -0.39 is 46.2 Å².